The highest BCUT2D eigenvalue weighted by molar-refractivity contribution is 7.54. The molecule has 9 heteroatoms. The molecule has 8 nitrogen and oxygen atoms in total. The third-order valence-electron chi connectivity index (χ3n) is 2.91. The third-order valence-corrected chi connectivity index (χ3v) is 5.14. The van der Waals surface area contributed by atoms with E-state index < -0.39 is 25.5 Å². The molecule has 0 aromatic heterocycles. The molecule has 1 amide bonds. The number of carbonyl (C=O) groups excluding carboxylic acids is 2. The van der Waals surface area contributed by atoms with Crippen molar-refractivity contribution in [2.75, 3.05) is 19.8 Å². The van der Waals surface area contributed by atoms with Crippen molar-refractivity contribution in [2.24, 2.45) is 0 Å². The maximum absolute atomic E-state index is 12.7. The number of benzene rings is 1. The van der Waals surface area contributed by atoms with Crippen molar-refractivity contribution < 1.29 is 32.7 Å². The van der Waals surface area contributed by atoms with Crippen LogP contribution >= 0.6 is 7.60 Å². The molecule has 1 atom stereocenters. The molecule has 1 aromatic rings. The summed E-state index contributed by atoms with van der Waals surface area (Å²) in [7, 11) is -3.73. The van der Waals surface area contributed by atoms with Crippen molar-refractivity contribution in [2.45, 2.75) is 33.2 Å². The number of nitrogens with one attached hydrogen (secondary N) is 1. The molecule has 0 aliphatic carbocycles. The van der Waals surface area contributed by atoms with Gasteiger partial charge in [-0.25, -0.2) is 4.79 Å². The SMILES string of the molecule is CCOP(=O)(OCC)[C@@H](CNC(=O)OCc1ccccc1)OC(C)=O. The predicted molar refractivity (Wildman–Crippen MR) is 91.0 cm³/mol. The summed E-state index contributed by atoms with van der Waals surface area (Å²) in [6, 6.07) is 9.13. The van der Waals surface area contributed by atoms with Gasteiger partial charge in [-0.15, -0.1) is 0 Å². The zero-order chi connectivity index (χ0) is 18.7. The van der Waals surface area contributed by atoms with Gasteiger partial charge in [-0.3, -0.25) is 9.36 Å². The van der Waals surface area contributed by atoms with E-state index >= 15 is 0 Å². The molecule has 0 aliphatic rings. The fourth-order valence-corrected chi connectivity index (χ4v) is 3.64. The van der Waals surface area contributed by atoms with E-state index in [1.165, 1.54) is 6.92 Å². The minimum atomic E-state index is -3.73. The van der Waals surface area contributed by atoms with Crippen LogP contribution in [0.25, 0.3) is 0 Å². The van der Waals surface area contributed by atoms with Gasteiger partial charge < -0.3 is 23.8 Å². The minimum absolute atomic E-state index is 0.0828. The van der Waals surface area contributed by atoms with Crippen LogP contribution in [-0.2, 0) is 34.5 Å². The monoisotopic (exact) mass is 373 g/mol. The summed E-state index contributed by atoms with van der Waals surface area (Å²) in [4.78, 5) is 23.1. The molecule has 0 saturated heterocycles. The van der Waals surface area contributed by atoms with E-state index in [1.807, 2.05) is 30.3 Å². The Balaban J connectivity index is 2.63. The lowest BCUT2D eigenvalue weighted by Gasteiger charge is -2.25. The minimum Gasteiger partial charge on any atom is -0.448 e. The second-order valence-corrected chi connectivity index (χ2v) is 7.05. The van der Waals surface area contributed by atoms with Gasteiger partial charge in [0.2, 0.25) is 5.85 Å². The standard InChI is InChI=1S/C16H24NO7P/c1-4-22-25(20,23-5-2)15(24-13(3)18)11-17-16(19)21-12-14-9-7-6-8-10-14/h6-10,15H,4-5,11-12H2,1-3H3,(H,17,19)/t15-/m0/s1. The van der Waals surface area contributed by atoms with Crippen molar-refractivity contribution in [3.05, 3.63) is 35.9 Å². The largest absolute Gasteiger partial charge is 0.448 e. The van der Waals surface area contributed by atoms with Crippen molar-refractivity contribution in [1.82, 2.24) is 5.32 Å². The molecule has 0 bridgehead atoms. The first-order chi connectivity index (χ1) is 11.9. The summed E-state index contributed by atoms with van der Waals surface area (Å²) in [6.45, 7) is 4.48. The van der Waals surface area contributed by atoms with E-state index in [9.17, 15) is 14.2 Å². The van der Waals surface area contributed by atoms with Crippen LogP contribution in [0.5, 0.6) is 0 Å². The van der Waals surface area contributed by atoms with Crippen LogP contribution in [-0.4, -0.2) is 37.7 Å². The van der Waals surface area contributed by atoms with Crippen LogP contribution in [0.4, 0.5) is 4.79 Å². The Morgan fingerprint density at radius 2 is 1.72 bits per heavy atom. The van der Waals surface area contributed by atoms with Crippen molar-refractivity contribution in [3.63, 3.8) is 0 Å². The smallest absolute Gasteiger partial charge is 0.407 e. The van der Waals surface area contributed by atoms with E-state index in [4.69, 9.17) is 18.5 Å². The highest BCUT2D eigenvalue weighted by Crippen LogP contribution is 2.53. The fourth-order valence-electron chi connectivity index (χ4n) is 1.92. The Hall–Kier alpha value is -1.89. The van der Waals surface area contributed by atoms with E-state index in [2.05, 4.69) is 5.32 Å². The van der Waals surface area contributed by atoms with Crippen LogP contribution in [0.15, 0.2) is 30.3 Å². The van der Waals surface area contributed by atoms with Gasteiger partial charge in [0.15, 0.2) is 0 Å². The Morgan fingerprint density at radius 1 is 1.12 bits per heavy atom. The van der Waals surface area contributed by atoms with Crippen molar-refractivity contribution in [1.29, 1.82) is 0 Å². The zero-order valence-corrected chi connectivity index (χ0v) is 15.5. The van der Waals surface area contributed by atoms with Crippen LogP contribution in [0.3, 0.4) is 0 Å². The molecule has 140 valence electrons. The molecular weight excluding hydrogens is 349 g/mol. The summed E-state index contributed by atoms with van der Waals surface area (Å²) >= 11 is 0. The lowest BCUT2D eigenvalue weighted by Crippen LogP contribution is -2.35. The summed E-state index contributed by atoms with van der Waals surface area (Å²) in [5, 5.41) is 2.41. The zero-order valence-electron chi connectivity index (χ0n) is 14.6. The van der Waals surface area contributed by atoms with Crippen LogP contribution < -0.4 is 5.32 Å². The number of hydrogen-bond donors (Lipinski definition) is 1. The van der Waals surface area contributed by atoms with Gasteiger partial charge in [0.05, 0.1) is 19.8 Å². The quantitative estimate of drug-likeness (QED) is 0.497. The summed E-state index contributed by atoms with van der Waals surface area (Å²) in [5.41, 5.74) is 0.823. The first-order valence-electron chi connectivity index (χ1n) is 7.91. The molecule has 0 spiro atoms. The number of carbonyl (C=O) groups is 2. The molecule has 0 saturated carbocycles. The molecule has 0 unspecified atom stereocenters. The van der Waals surface area contributed by atoms with E-state index in [0.29, 0.717) is 0 Å². The average molecular weight is 373 g/mol. The first-order valence-corrected chi connectivity index (χ1v) is 9.53. The van der Waals surface area contributed by atoms with E-state index in [1.54, 1.807) is 13.8 Å². The maximum Gasteiger partial charge on any atom is 0.407 e. The number of rotatable bonds is 10. The number of ether oxygens (including phenoxy) is 2. The lowest BCUT2D eigenvalue weighted by molar-refractivity contribution is -0.143. The van der Waals surface area contributed by atoms with Gasteiger partial charge in [0.1, 0.15) is 6.61 Å². The number of alkyl carbamates (subject to hydrolysis) is 1. The topological polar surface area (TPSA) is 100 Å². The highest BCUT2D eigenvalue weighted by atomic mass is 31.2. The van der Waals surface area contributed by atoms with Crippen molar-refractivity contribution >= 4 is 19.7 Å². The summed E-state index contributed by atoms with van der Waals surface area (Å²) in [5.74, 6) is -1.92. The van der Waals surface area contributed by atoms with Crippen molar-refractivity contribution in [3.8, 4) is 0 Å². The molecule has 0 radical (unpaired) electrons. The van der Waals surface area contributed by atoms with Gasteiger partial charge in [-0.1, -0.05) is 30.3 Å². The molecule has 0 fully saturated rings. The fraction of sp³-hybridized carbons (Fsp3) is 0.500. The van der Waals surface area contributed by atoms with Gasteiger partial charge in [-0.2, -0.15) is 0 Å². The van der Waals surface area contributed by atoms with Gasteiger partial charge in [-0.05, 0) is 19.4 Å². The number of esters is 1. The first kappa shape index (κ1) is 21.2. The summed E-state index contributed by atoms with van der Waals surface area (Å²) in [6.07, 6.45) is -0.736. The Bertz CT molecular complexity index is 583. The number of hydrogen-bond acceptors (Lipinski definition) is 7. The van der Waals surface area contributed by atoms with E-state index in [-0.39, 0.29) is 26.4 Å². The second-order valence-electron chi connectivity index (χ2n) is 4.88. The van der Waals surface area contributed by atoms with Crippen LogP contribution in [0.1, 0.15) is 26.3 Å². The predicted octanol–water partition coefficient (Wildman–Crippen LogP) is 3.07. The molecule has 1 aromatic carbocycles. The molecule has 25 heavy (non-hydrogen) atoms. The Labute approximate surface area is 147 Å². The molecule has 1 N–H and O–H groups in total. The molecule has 0 heterocycles. The van der Waals surface area contributed by atoms with Gasteiger partial charge in [0, 0.05) is 6.92 Å². The van der Waals surface area contributed by atoms with Crippen LogP contribution in [0.2, 0.25) is 0 Å². The maximum atomic E-state index is 12.7. The Morgan fingerprint density at radius 3 is 2.24 bits per heavy atom. The Kier molecular flexibility index (Phi) is 9.20. The highest BCUT2D eigenvalue weighted by Gasteiger charge is 2.38. The summed E-state index contributed by atoms with van der Waals surface area (Å²) < 4.78 is 33.1. The molecular formula is C16H24NO7P. The van der Waals surface area contributed by atoms with E-state index in [0.717, 1.165) is 5.56 Å². The number of amides is 1. The van der Waals surface area contributed by atoms with Gasteiger partial charge >= 0.3 is 19.7 Å². The lowest BCUT2D eigenvalue weighted by atomic mass is 10.2. The average Bonchev–Trinajstić information content (AvgIpc) is 2.57. The van der Waals surface area contributed by atoms with Crippen LogP contribution in [0, 0.1) is 0 Å². The van der Waals surface area contributed by atoms with Gasteiger partial charge in [0.25, 0.3) is 0 Å². The second kappa shape index (κ2) is 10.9. The molecule has 1 rings (SSSR count). The third kappa shape index (κ3) is 7.69. The normalized spacial score (nSPS) is 12.3. The molecule has 0 aliphatic heterocycles.